The molecule has 0 aliphatic carbocycles. The quantitative estimate of drug-likeness (QED) is 0.0653. The summed E-state index contributed by atoms with van der Waals surface area (Å²) in [6.45, 7) is 1.83. The Morgan fingerprint density at radius 2 is 1.29 bits per heavy atom. The maximum atomic E-state index is 13.8. The van der Waals surface area contributed by atoms with Gasteiger partial charge >= 0.3 is 17.9 Å². The Kier molecular flexibility index (Phi) is 21.3. The molecule has 2 saturated heterocycles. The third-order valence-corrected chi connectivity index (χ3v) is 11.3. The number of aromatic nitrogens is 1. The number of carbonyl (C=O) groups is 6. The molecule has 21 nitrogen and oxygen atoms in total. The number of likely N-dealkylation sites (tertiary alicyclic amines) is 1. The summed E-state index contributed by atoms with van der Waals surface area (Å²) in [6.07, 6.45) is 4.48. The molecule has 2 fully saturated rings. The van der Waals surface area contributed by atoms with Gasteiger partial charge in [-0.3, -0.25) is 53.4 Å². The molecule has 23 heteroatoms. The van der Waals surface area contributed by atoms with Gasteiger partial charge in [0.05, 0.1) is 82.8 Å². The highest BCUT2D eigenvalue weighted by Gasteiger charge is 2.47. The van der Waals surface area contributed by atoms with Crippen molar-refractivity contribution in [2.24, 2.45) is 0 Å². The molecular formula is C47H59F2N9O12. The smallest absolute Gasteiger partial charge is 0.317 e. The van der Waals surface area contributed by atoms with Crippen LogP contribution in [0.4, 0.5) is 8.78 Å². The summed E-state index contributed by atoms with van der Waals surface area (Å²) >= 11 is 0. The second kappa shape index (κ2) is 27.5. The van der Waals surface area contributed by atoms with Crippen LogP contribution in [0.1, 0.15) is 27.9 Å². The van der Waals surface area contributed by atoms with Crippen molar-refractivity contribution >= 4 is 58.7 Å². The molecule has 1 aromatic heterocycles. The SMILES string of the molecule is N#C[C@@H]1CC(F)(F)CN1C(=O)CNC(=O)c1ccnc2cc(/C=C/c3cccc(OCCOCCOCCNC(=O)CN4CCN(CC(=O)O)CCN(CC(=O)O)CCN(CC(=O)O)CC4)c3)ccc12. The van der Waals surface area contributed by atoms with Crippen LogP contribution in [0.15, 0.2) is 54.7 Å². The first-order chi connectivity index (χ1) is 33.6. The number of pyridine rings is 1. The average molecular weight is 980 g/mol. The first-order valence-electron chi connectivity index (χ1n) is 22.7. The predicted octanol–water partition coefficient (Wildman–Crippen LogP) is 0.898. The third kappa shape index (κ3) is 18.7. The van der Waals surface area contributed by atoms with E-state index in [0.717, 1.165) is 16.0 Å². The van der Waals surface area contributed by atoms with Gasteiger partial charge in [-0.05, 0) is 35.4 Å². The number of fused-ring (bicyclic) bond motifs is 1. The normalized spacial score (nSPS) is 17.6. The maximum Gasteiger partial charge on any atom is 0.317 e. The topological polar surface area (TPSA) is 268 Å². The van der Waals surface area contributed by atoms with Gasteiger partial charge in [-0.2, -0.15) is 5.26 Å². The minimum absolute atomic E-state index is 0.000392. The molecule has 0 spiro atoms. The highest BCUT2D eigenvalue weighted by Crippen LogP contribution is 2.31. The molecule has 2 aliphatic heterocycles. The number of halogens is 2. The Morgan fingerprint density at radius 1 is 0.729 bits per heavy atom. The lowest BCUT2D eigenvalue weighted by molar-refractivity contribution is -0.140. The summed E-state index contributed by atoms with van der Waals surface area (Å²) in [6, 6.07) is 14.7. The van der Waals surface area contributed by atoms with Crippen LogP contribution in [-0.2, 0) is 33.4 Å². The number of nitrogens with zero attached hydrogens (tertiary/aromatic N) is 7. The highest BCUT2D eigenvalue weighted by atomic mass is 19.3. The van der Waals surface area contributed by atoms with Gasteiger partial charge < -0.3 is 45.1 Å². The summed E-state index contributed by atoms with van der Waals surface area (Å²) in [5.74, 6) is -7.27. The largest absolute Gasteiger partial charge is 0.491 e. The second-order valence-electron chi connectivity index (χ2n) is 16.7. The Labute approximate surface area is 403 Å². The number of amides is 3. The Hall–Kier alpha value is -6.68. The Bertz CT molecular complexity index is 2320. The molecule has 378 valence electrons. The molecule has 3 heterocycles. The van der Waals surface area contributed by atoms with E-state index in [4.69, 9.17) is 14.2 Å². The lowest BCUT2D eigenvalue weighted by Crippen LogP contribution is -2.50. The summed E-state index contributed by atoms with van der Waals surface area (Å²) < 4.78 is 44.7. The van der Waals surface area contributed by atoms with Crippen molar-refractivity contribution in [2.45, 2.75) is 18.4 Å². The lowest BCUT2D eigenvalue weighted by atomic mass is 10.0. The summed E-state index contributed by atoms with van der Waals surface area (Å²) in [5.41, 5.74) is 2.42. The molecule has 0 bridgehead atoms. The van der Waals surface area contributed by atoms with E-state index in [9.17, 15) is 58.1 Å². The summed E-state index contributed by atoms with van der Waals surface area (Å²) in [4.78, 5) is 85.0. The number of alkyl halides is 2. The van der Waals surface area contributed by atoms with E-state index in [0.29, 0.717) is 56.0 Å². The van der Waals surface area contributed by atoms with Crippen LogP contribution in [0.2, 0.25) is 0 Å². The molecule has 1 atom stereocenters. The van der Waals surface area contributed by atoms with Gasteiger partial charge in [0.1, 0.15) is 18.4 Å². The Balaban J connectivity index is 0.981. The van der Waals surface area contributed by atoms with Gasteiger partial charge in [0, 0.05) is 76.9 Å². The van der Waals surface area contributed by atoms with Crippen molar-refractivity contribution < 1.29 is 67.1 Å². The number of hydrogen-bond donors (Lipinski definition) is 5. The molecule has 2 aromatic carbocycles. The number of rotatable bonds is 23. The van der Waals surface area contributed by atoms with Gasteiger partial charge in [0.2, 0.25) is 11.8 Å². The zero-order chi connectivity index (χ0) is 50.5. The monoisotopic (exact) mass is 979 g/mol. The molecule has 5 rings (SSSR count). The van der Waals surface area contributed by atoms with Crippen molar-refractivity contribution in [2.75, 3.05) is 131 Å². The number of aliphatic carboxylic acids is 3. The van der Waals surface area contributed by atoms with Gasteiger partial charge in [-0.15, -0.1) is 0 Å². The zero-order valence-corrected chi connectivity index (χ0v) is 38.7. The minimum atomic E-state index is -3.16. The predicted molar refractivity (Wildman–Crippen MR) is 249 cm³/mol. The van der Waals surface area contributed by atoms with Crippen LogP contribution in [-0.4, -0.2) is 224 Å². The zero-order valence-electron chi connectivity index (χ0n) is 38.7. The fourth-order valence-corrected chi connectivity index (χ4v) is 7.76. The van der Waals surface area contributed by atoms with Crippen molar-refractivity contribution in [3.63, 3.8) is 0 Å². The van der Waals surface area contributed by atoms with Crippen LogP contribution in [0.5, 0.6) is 5.75 Å². The van der Waals surface area contributed by atoms with E-state index in [2.05, 4.69) is 15.6 Å². The number of nitrogens with one attached hydrogen (secondary N) is 2. The maximum absolute atomic E-state index is 13.8. The number of carboxylic acids is 3. The van der Waals surface area contributed by atoms with Crippen LogP contribution < -0.4 is 15.4 Å². The molecule has 70 heavy (non-hydrogen) atoms. The van der Waals surface area contributed by atoms with Gasteiger partial charge in [-0.25, -0.2) is 8.78 Å². The van der Waals surface area contributed by atoms with E-state index < -0.39 is 61.2 Å². The molecular weight excluding hydrogens is 921 g/mol. The molecule has 0 unspecified atom stereocenters. The first kappa shape index (κ1) is 54.3. The summed E-state index contributed by atoms with van der Waals surface area (Å²) in [7, 11) is 0. The van der Waals surface area contributed by atoms with E-state index >= 15 is 0 Å². The lowest BCUT2D eigenvalue weighted by Gasteiger charge is -2.32. The van der Waals surface area contributed by atoms with Gasteiger partial charge in [0.25, 0.3) is 11.8 Å². The molecule has 2 aliphatic rings. The highest BCUT2D eigenvalue weighted by molar-refractivity contribution is 6.07. The van der Waals surface area contributed by atoms with E-state index in [1.807, 2.05) is 41.3 Å². The third-order valence-electron chi connectivity index (χ3n) is 11.3. The van der Waals surface area contributed by atoms with E-state index in [-0.39, 0.29) is 90.2 Å². The van der Waals surface area contributed by atoms with Crippen LogP contribution in [0, 0.1) is 11.3 Å². The number of hydrogen-bond acceptors (Lipinski definition) is 15. The van der Waals surface area contributed by atoms with E-state index in [1.165, 1.54) is 12.3 Å². The molecule has 3 amide bonds. The number of carbonyl (C=O) groups excluding carboxylic acids is 3. The van der Waals surface area contributed by atoms with Crippen molar-refractivity contribution in [1.29, 1.82) is 5.26 Å². The van der Waals surface area contributed by atoms with Crippen LogP contribution in [0.3, 0.4) is 0 Å². The average Bonchev–Trinajstić information content (AvgIpc) is 3.65. The second-order valence-corrected chi connectivity index (χ2v) is 16.7. The first-order valence-corrected chi connectivity index (χ1v) is 22.7. The number of nitriles is 1. The number of carboxylic acid groups (broad SMARTS) is 3. The fraction of sp³-hybridized carbons (Fsp3) is 0.489. The van der Waals surface area contributed by atoms with Gasteiger partial charge in [0.15, 0.2) is 0 Å². The van der Waals surface area contributed by atoms with Crippen LogP contribution in [0.25, 0.3) is 23.1 Å². The Morgan fingerprint density at radius 3 is 1.87 bits per heavy atom. The van der Waals surface area contributed by atoms with Crippen molar-refractivity contribution in [3.8, 4) is 11.8 Å². The van der Waals surface area contributed by atoms with E-state index in [1.54, 1.807) is 39.0 Å². The molecule has 0 radical (unpaired) electrons. The standard InChI is InChI=1S/C47H59F2N9O12/c48-47(49)26-36(27-50)58(33-47)42(60)28-53-46(67)39-8-9-51-40-25-35(6-7-38(39)40)5-4-34-2-1-3-37(24-34)70-23-22-69-21-20-68-19-10-52-41(59)29-54-11-13-55(30-43(61)62)15-17-57(32-45(65)66)18-16-56(14-12-54)31-44(63)64/h1-9,24-25,36H,10-23,26,28-33H2,(H,52,59)(H,53,67)(H,61,62)(H,63,64)(H,65,66)/b5-4+/t36-/m0/s1. The fourth-order valence-electron chi connectivity index (χ4n) is 7.76. The molecule has 5 N–H and O–H groups in total. The summed E-state index contributed by atoms with van der Waals surface area (Å²) in [5, 5.41) is 43.2. The molecule has 0 saturated carbocycles. The van der Waals surface area contributed by atoms with Crippen molar-refractivity contribution in [1.82, 2.24) is 40.1 Å². The molecule has 3 aromatic rings. The number of benzene rings is 2. The van der Waals surface area contributed by atoms with Crippen LogP contribution >= 0.6 is 0 Å². The van der Waals surface area contributed by atoms with Gasteiger partial charge in [-0.1, -0.05) is 36.4 Å². The minimum Gasteiger partial charge on any atom is -0.491 e. The number of ether oxygens (including phenoxy) is 3. The van der Waals surface area contributed by atoms with Crippen molar-refractivity contribution in [3.05, 3.63) is 71.4 Å².